The van der Waals surface area contributed by atoms with Gasteiger partial charge in [0.05, 0.1) is 12.7 Å². The van der Waals surface area contributed by atoms with Crippen molar-refractivity contribution in [3.05, 3.63) is 28.2 Å². The third-order valence-corrected chi connectivity index (χ3v) is 3.70. The number of anilines is 1. The second kappa shape index (κ2) is 6.10. The first-order valence-electron chi connectivity index (χ1n) is 6.24. The lowest BCUT2D eigenvalue weighted by atomic mass is 9.81. The number of hydrogen-bond acceptors (Lipinski definition) is 3. The molecule has 0 aromatic heterocycles. The molecular weight excluding hydrogens is 304 g/mol. The predicted octanol–water partition coefficient (Wildman–Crippen LogP) is 3.31. The van der Waals surface area contributed by atoms with E-state index in [0.717, 1.165) is 35.0 Å². The highest BCUT2D eigenvalue weighted by molar-refractivity contribution is 9.10. The summed E-state index contributed by atoms with van der Waals surface area (Å²) in [6, 6.07) is 8.02. The average Bonchev–Trinajstić information content (AvgIpc) is 2.36. The molecule has 2 rings (SSSR count). The van der Waals surface area contributed by atoms with E-state index in [1.807, 2.05) is 18.2 Å². The van der Waals surface area contributed by atoms with E-state index in [9.17, 15) is 0 Å². The molecule has 0 spiro atoms. The Morgan fingerprint density at radius 2 is 2.21 bits per heavy atom. The Bertz CT molecular complexity index is 538. The van der Waals surface area contributed by atoms with Crippen molar-refractivity contribution >= 4 is 21.6 Å². The van der Waals surface area contributed by atoms with Gasteiger partial charge in [-0.25, -0.2) is 0 Å². The Balaban J connectivity index is 1.82. The smallest absolute Gasteiger partial charge is 0.154 e. The molecule has 0 amide bonds. The van der Waals surface area contributed by atoms with Crippen LogP contribution in [0.1, 0.15) is 24.8 Å². The third-order valence-electron chi connectivity index (χ3n) is 3.24. The summed E-state index contributed by atoms with van der Waals surface area (Å²) in [5, 5.41) is 12.3. The van der Waals surface area contributed by atoms with Gasteiger partial charge < -0.3 is 10.1 Å². The van der Waals surface area contributed by atoms with Crippen molar-refractivity contribution in [3.63, 3.8) is 0 Å². The van der Waals surface area contributed by atoms with E-state index in [-0.39, 0.29) is 0 Å². The highest BCUT2D eigenvalue weighted by Crippen LogP contribution is 2.34. The van der Waals surface area contributed by atoms with Crippen LogP contribution >= 0.6 is 15.9 Å². The largest absolute Gasteiger partial charge is 0.383 e. The maximum Gasteiger partial charge on any atom is 0.154 e. The van der Waals surface area contributed by atoms with Gasteiger partial charge >= 0.3 is 0 Å². The van der Waals surface area contributed by atoms with E-state index >= 15 is 0 Å². The molecule has 0 unspecified atom stereocenters. The second-order valence-corrected chi connectivity index (χ2v) is 5.52. The molecule has 1 N–H and O–H groups in total. The van der Waals surface area contributed by atoms with E-state index in [0.29, 0.717) is 13.2 Å². The van der Waals surface area contributed by atoms with Gasteiger partial charge in [-0.3, -0.25) is 0 Å². The average molecular weight is 319 g/mol. The Labute approximate surface area is 122 Å². The predicted molar refractivity (Wildman–Crippen MR) is 78.7 cm³/mol. The molecule has 3 nitrogen and oxygen atoms in total. The Morgan fingerprint density at radius 3 is 2.79 bits per heavy atom. The summed E-state index contributed by atoms with van der Waals surface area (Å²) in [5.41, 5.74) is 1.25. The van der Waals surface area contributed by atoms with Crippen molar-refractivity contribution < 1.29 is 4.74 Å². The zero-order valence-electron chi connectivity index (χ0n) is 10.6. The van der Waals surface area contributed by atoms with Crippen LogP contribution < -0.4 is 5.32 Å². The van der Waals surface area contributed by atoms with Gasteiger partial charge in [0.2, 0.25) is 0 Å². The van der Waals surface area contributed by atoms with Gasteiger partial charge in [0.1, 0.15) is 0 Å². The number of hydrogen-bond donors (Lipinski definition) is 1. The van der Waals surface area contributed by atoms with Crippen molar-refractivity contribution in [3.8, 4) is 18.4 Å². The van der Waals surface area contributed by atoms with Gasteiger partial charge in [-0.05, 0) is 37.5 Å². The fourth-order valence-corrected chi connectivity index (χ4v) is 2.50. The molecule has 0 heterocycles. The number of rotatable bonds is 5. The van der Waals surface area contributed by atoms with Crippen molar-refractivity contribution in [2.24, 2.45) is 0 Å². The fourth-order valence-electron chi connectivity index (χ4n) is 2.00. The van der Waals surface area contributed by atoms with Crippen molar-refractivity contribution in [1.82, 2.24) is 0 Å². The second-order valence-electron chi connectivity index (χ2n) is 4.61. The molecular formula is C15H15BrN2O. The number of nitrogens with zero attached hydrogens (tertiary/aromatic N) is 1. The summed E-state index contributed by atoms with van der Waals surface area (Å²) in [4.78, 5) is 0. The topological polar surface area (TPSA) is 45.0 Å². The van der Waals surface area contributed by atoms with Gasteiger partial charge in [-0.15, -0.1) is 6.42 Å². The summed E-state index contributed by atoms with van der Waals surface area (Å²) < 4.78 is 6.59. The molecule has 4 heteroatoms. The Morgan fingerprint density at radius 1 is 1.42 bits per heavy atom. The molecule has 0 radical (unpaired) electrons. The normalized spacial score (nSPS) is 15.9. The summed E-state index contributed by atoms with van der Waals surface area (Å²) in [5.74, 6) is 2.61. The van der Waals surface area contributed by atoms with Gasteiger partial charge in [0.25, 0.3) is 0 Å². The SMILES string of the molecule is C#Cc1cc(Br)cc(NCCOC2(C#N)CCC2)c1. The summed E-state index contributed by atoms with van der Waals surface area (Å²) in [7, 11) is 0. The van der Waals surface area contributed by atoms with Crippen LogP contribution in [0.2, 0.25) is 0 Å². The number of terminal acetylenes is 1. The highest BCUT2D eigenvalue weighted by Gasteiger charge is 2.37. The summed E-state index contributed by atoms with van der Waals surface area (Å²) in [6.45, 7) is 1.18. The minimum absolute atomic E-state index is 0.519. The van der Waals surface area contributed by atoms with E-state index in [2.05, 4.69) is 33.2 Å². The van der Waals surface area contributed by atoms with Gasteiger partial charge in [-0.2, -0.15) is 5.26 Å². The van der Waals surface area contributed by atoms with Gasteiger partial charge in [-0.1, -0.05) is 21.9 Å². The molecule has 98 valence electrons. The molecule has 1 aliphatic rings. The van der Waals surface area contributed by atoms with E-state index in [4.69, 9.17) is 16.4 Å². The Kier molecular flexibility index (Phi) is 4.47. The molecule has 0 bridgehead atoms. The maximum absolute atomic E-state index is 9.03. The Hall–Kier alpha value is -1.49. The van der Waals surface area contributed by atoms with Crippen molar-refractivity contribution in [2.75, 3.05) is 18.5 Å². The first-order valence-corrected chi connectivity index (χ1v) is 7.03. The van der Waals surface area contributed by atoms with Crippen molar-refractivity contribution in [2.45, 2.75) is 24.9 Å². The van der Waals surface area contributed by atoms with Crippen LogP contribution in [0.4, 0.5) is 5.69 Å². The highest BCUT2D eigenvalue weighted by atomic mass is 79.9. The molecule has 0 atom stereocenters. The minimum atomic E-state index is -0.525. The van der Waals surface area contributed by atoms with Crippen LogP contribution in [0.5, 0.6) is 0 Å². The first kappa shape index (κ1) is 13.9. The molecule has 0 saturated heterocycles. The molecule has 0 aliphatic heterocycles. The van der Waals surface area contributed by atoms with Crippen LogP contribution in [0, 0.1) is 23.7 Å². The van der Waals surface area contributed by atoms with E-state index in [1.54, 1.807) is 0 Å². The number of benzene rings is 1. The van der Waals surface area contributed by atoms with Crippen LogP contribution in [-0.2, 0) is 4.74 Å². The van der Waals surface area contributed by atoms with Crippen LogP contribution in [0.3, 0.4) is 0 Å². The molecule has 1 saturated carbocycles. The maximum atomic E-state index is 9.03. The molecule has 1 aromatic carbocycles. The number of nitriles is 1. The van der Waals surface area contributed by atoms with Crippen LogP contribution in [0.25, 0.3) is 0 Å². The fraction of sp³-hybridized carbons (Fsp3) is 0.400. The number of halogens is 1. The lowest BCUT2D eigenvalue weighted by Crippen LogP contribution is -2.39. The lowest BCUT2D eigenvalue weighted by Gasteiger charge is -2.34. The van der Waals surface area contributed by atoms with Gasteiger partial charge in [0.15, 0.2) is 5.60 Å². The van der Waals surface area contributed by atoms with Crippen LogP contribution in [0.15, 0.2) is 22.7 Å². The monoisotopic (exact) mass is 318 g/mol. The summed E-state index contributed by atoms with van der Waals surface area (Å²) >= 11 is 3.42. The standard InChI is InChI=1S/C15H15BrN2O/c1-2-12-8-13(16)10-14(9-12)18-6-7-19-15(11-17)4-3-5-15/h1,8-10,18H,3-7H2. The van der Waals surface area contributed by atoms with Crippen LogP contribution in [-0.4, -0.2) is 18.8 Å². The van der Waals surface area contributed by atoms with E-state index < -0.39 is 5.60 Å². The number of nitrogens with one attached hydrogen (secondary N) is 1. The number of ether oxygens (including phenoxy) is 1. The molecule has 1 fully saturated rings. The summed E-state index contributed by atoms with van der Waals surface area (Å²) in [6.07, 6.45) is 8.16. The van der Waals surface area contributed by atoms with Gasteiger partial charge in [0, 0.05) is 22.3 Å². The van der Waals surface area contributed by atoms with E-state index in [1.165, 1.54) is 0 Å². The minimum Gasteiger partial charge on any atom is -0.383 e. The first-order chi connectivity index (χ1) is 9.17. The quantitative estimate of drug-likeness (QED) is 0.669. The zero-order chi connectivity index (χ0) is 13.7. The molecule has 19 heavy (non-hydrogen) atoms. The molecule has 1 aromatic rings. The molecule has 1 aliphatic carbocycles. The zero-order valence-corrected chi connectivity index (χ0v) is 12.2. The third kappa shape index (κ3) is 3.50. The lowest BCUT2D eigenvalue weighted by molar-refractivity contribution is -0.0512. The van der Waals surface area contributed by atoms with Crippen molar-refractivity contribution in [1.29, 1.82) is 5.26 Å².